The van der Waals surface area contributed by atoms with Crippen LogP contribution in [-0.4, -0.2) is 69.5 Å². The molecular weight excluding hydrogens is 866 g/mol. The van der Waals surface area contributed by atoms with Gasteiger partial charge in [0.25, 0.3) is 0 Å². The van der Waals surface area contributed by atoms with Crippen molar-refractivity contribution in [3.8, 4) is 0 Å². The van der Waals surface area contributed by atoms with Crippen molar-refractivity contribution in [2.45, 2.75) is 79.1 Å². The number of anilines is 2. The van der Waals surface area contributed by atoms with Gasteiger partial charge in [-0.1, -0.05) is 25.7 Å². The van der Waals surface area contributed by atoms with Gasteiger partial charge in [0, 0.05) is 46.5 Å². The Hall–Kier alpha value is -5.78. The number of unbranched alkanes of at least 4 members (excludes halogenated alkanes) is 5. The number of carbonyl (C=O) groups is 2. The maximum Gasteiger partial charge on any atom is 0.224 e. The van der Waals surface area contributed by atoms with Crippen molar-refractivity contribution >= 4 is 120 Å². The van der Waals surface area contributed by atoms with Crippen molar-refractivity contribution in [1.29, 1.82) is 0 Å². The van der Waals surface area contributed by atoms with Gasteiger partial charge in [-0.2, -0.15) is 20.4 Å². The summed E-state index contributed by atoms with van der Waals surface area (Å²) in [6.45, 7) is 6.92. The van der Waals surface area contributed by atoms with Crippen molar-refractivity contribution in [2.75, 3.05) is 10.6 Å². The highest BCUT2D eigenvalue weighted by atomic mass is 35.5. The number of nitrogens with one attached hydrogen (secondary N) is 2. The second kappa shape index (κ2) is 33.1. The average molecular weight is 927 g/mol. The third-order valence-corrected chi connectivity index (χ3v) is 7.42. The van der Waals surface area contributed by atoms with E-state index < -0.39 is 0 Å². The minimum absolute atomic E-state index is 0. The summed E-state index contributed by atoms with van der Waals surface area (Å²) in [5.41, 5.74) is 49.0. The predicted octanol–water partition coefficient (Wildman–Crippen LogP) is 1.41. The van der Waals surface area contributed by atoms with Crippen molar-refractivity contribution in [1.82, 2.24) is 0 Å². The lowest BCUT2D eigenvalue weighted by molar-refractivity contribution is -0.117. The zero-order valence-electron chi connectivity index (χ0n) is 33.8. The van der Waals surface area contributed by atoms with Gasteiger partial charge in [0.05, 0.1) is 22.8 Å². The van der Waals surface area contributed by atoms with Crippen LogP contribution in [0.3, 0.4) is 0 Å². The fourth-order valence-electron chi connectivity index (χ4n) is 4.72. The normalized spacial score (nSPS) is 10.8. The standard InChI is InChI=1S/C34H52N18O2.4ClH.2H2O/c1-19(45-49-31(35)36)23-13-24(20(2)46-50-32(37)38)16-27(15-23)43-29(53)11-9-7-5-6-8-10-12-30(54)44-28-17-25(21(3)47-51-33(39)40)14-26(18-28)22(4)48-52-34(41)42;;;;;;/h13-18H,5-12H2,1-4H3,(H,43,53)(H,44,54)(H4,35,36,49)(H4,37,38,50)(H4,39,40,51)(H4,41,42,52);4*1H;2*1H2/b45-19+,46-20+,47-21+,48-22+;;;;;;. The zero-order chi connectivity index (χ0) is 40.2. The number of nitrogens with two attached hydrogens (primary N) is 8. The Morgan fingerprint density at radius 1 is 0.400 bits per heavy atom. The van der Waals surface area contributed by atoms with E-state index in [1.54, 1.807) is 64.1 Å². The summed E-state index contributed by atoms with van der Waals surface area (Å²) in [5, 5.41) is 36.8. The van der Waals surface area contributed by atoms with Gasteiger partial charge in [0.1, 0.15) is 0 Å². The van der Waals surface area contributed by atoms with Crippen LogP contribution in [0.1, 0.15) is 101 Å². The van der Waals surface area contributed by atoms with E-state index in [4.69, 9.17) is 45.9 Å². The summed E-state index contributed by atoms with van der Waals surface area (Å²) in [7, 11) is 0. The van der Waals surface area contributed by atoms with Gasteiger partial charge in [0.2, 0.25) is 35.7 Å². The lowest BCUT2D eigenvalue weighted by Crippen LogP contribution is -2.22. The number of benzene rings is 2. The van der Waals surface area contributed by atoms with Crippen LogP contribution < -0.4 is 56.5 Å². The minimum Gasteiger partial charge on any atom is -0.412 e. The number of hydrogen-bond acceptors (Lipinski definition) is 10. The molecule has 2 amide bonds. The number of carbonyl (C=O) groups excluding carboxylic acids is 2. The van der Waals surface area contributed by atoms with Crippen LogP contribution in [0.5, 0.6) is 0 Å². The molecule has 0 aliphatic heterocycles. The quantitative estimate of drug-likeness (QED) is 0.0418. The van der Waals surface area contributed by atoms with Gasteiger partial charge < -0.3 is 67.5 Å². The molecule has 0 saturated heterocycles. The monoisotopic (exact) mass is 924 g/mol. The molecule has 0 aliphatic carbocycles. The van der Waals surface area contributed by atoms with Gasteiger partial charge in [0.15, 0.2) is 0 Å². The Morgan fingerprint density at radius 2 is 0.617 bits per heavy atom. The fourth-order valence-corrected chi connectivity index (χ4v) is 4.72. The Kier molecular flexibility index (Phi) is 35.0. The number of nitrogens with zero attached hydrogens (tertiary/aromatic N) is 8. The molecule has 0 spiro atoms. The molecule has 338 valence electrons. The van der Waals surface area contributed by atoms with Gasteiger partial charge in [-0.25, -0.2) is 0 Å². The molecule has 2 rings (SSSR count). The molecular formula is C34H60Cl4N18O4. The first-order valence-electron chi connectivity index (χ1n) is 17.0. The molecule has 22 N–H and O–H groups in total. The van der Waals surface area contributed by atoms with Gasteiger partial charge in [-0.05, 0) is 76.9 Å². The highest BCUT2D eigenvalue weighted by molar-refractivity contribution is 6.07. The third-order valence-electron chi connectivity index (χ3n) is 7.42. The lowest BCUT2D eigenvalue weighted by Gasteiger charge is -2.11. The summed E-state index contributed by atoms with van der Waals surface area (Å²) >= 11 is 0. The Morgan fingerprint density at radius 3 is 0.833 bits per heavy atom. The van der Waals surface area contributed by atoms with Crippen LogP contribution in [0.15, 0.2) is 77.2 Å². The van der Waals surface area contributed by atoms with E-state index in [-0.39, 0.29) is 96.2 Å². The van der Waals surface area contributed by atoms with Gasteiger partial charge in [-0.15, -0.1) is 70.0 Å². The molecule has 2 aromatic carbocycles. The molecule has 26 heteroatoms. The first-order valence-corrected chi connectivity index (χ1v) is 17.0. The molecule has 0 heterocycles. The summed E-state index contributed by atoms with van der Waals surface area (Å²) < 4.78 is 0. The zero-order valence-corrected chi connectivity index (χ0v) is 37.0. The molecule has 0 atom stereocenters. The van der Waals surface area contributed by atoms with Crippen LogP contribution in [0, 0.1) is 0 Å². The molecule has 0 fully saturated rings. The third kappa shape index (κ3) is 25.6. The van der Waals surface area contributed by atoms with Crippen molar-refractivity contribution in [2.24, 2.45) is 86.7 Å². The topological polar surface area (TPSA) is 428 Å². The molecule has 0 radical (unpaired) electrons. The number of amides is 2. The van der Waals surface area contributed by atoms with E-state index in [2.05, 4.69) is 51.4 Å². The highest BCUT2D eigenvalue weighted by Crippen LogP contribution is 2.20. The maximum atomic E-state index is 12.8. The molecule has 0 saturated carbocycles. The summed E-state index contributed by atoms with van der Waals surface area (Å²) in [6, 6.07) is 10.7. The SMILES string of the molecule is C/C(=N\N=C(N)N)c1cc(NC(=O)CCCCCCCCC(=O)Nc2cc(/C(C)=N/N=C(N)N)cc(/C(C)=N/N=C(N)N)c2)cc(/C(C)=N/N=C(N)N)c1.Cl.Cl.Cl.Cl.O.O. The number of rotatable bonds is 19. The highest BCUT2D eigenvalue weighted by Gasteiger charge is 2.12. The molecule has 60 heavy (non-hydrogen) atoms. The van der Waals surface area contributed by atoms with Gasteiger partial charge >= 0.3 is 0 Å². The van der Waals surface area contributed by atoms with E-state index in [0.717, 1.165) is 25.7 Å². The Balaban J connectivity index is -0.00000168. The average Bonchev–Trinajstić information content (AvgIpc) is 3.11. The molecule has 22 nitrogen and oxygen atoms in total. The molecule has 0 bridgehead atoms. The summed E-state index contributed by atoms with van der Waals surface area (Å²) in [4.78, 5) is 25.7. The van der Waals surface area contributed by atoms with Crippen LogP contribution >= 0.6 is 49.6 Å². The van der Waals surface area contributed by atoms with Crippen LogP contribution in [0.2, 0.25) is 0 Å². The van der Waals surface area contributed by atoms with Crippen LogP contribution in [0.4, 0.5) is 11.4 Å². The second-order valence-electron chi connectivity index (χ2n) is 12.2. The molecule has 0 aliphatic rings. The first kappa shape index (κ1) is 63.4. The smallest absolute Gasteiger partial charge is 0.224 e. The van der Waals surface area contributed by atoms with E-state index in [1.807, 2.05) is 0 Å². The fraction of sp³-hybridized carbons (Fsp3) is 0.353. The molecule has 0 aromatic heterocycles. The molecule has 2 aromatic rings. The first-order chi connectivity index (χ1) is 25.5. The largest absolute Gasteiger partial charge is 0.412 e. The summed E-state index contributed by atoms with van der Waals surface area (Å²) in [6.07, 6.45) is 5.62. The number of halogens is 4. The summed E-state index contributed by atoms with van der Waals surface area (Å²) in [5.74, 6) is -1.03. The number of guanidine groups is 4. The second-order valence-corrected chi connectivity index (χ2v) is 12.2. The van der Waals surface area contributed by atoms with Crippen LogP contribution in [0.25, 0.3) is 0 Å². The van der Waals surface area contributed by atoms with Crippen molar-refractivity contribution in [3.63, 3.8) is 0 Å². The number of hydrogen-bond donors (Lipinski definition) is 10. The molecule has 0 unspecified atom stereocenters. The maximum absolute atomic E-state index is 12.8. The van der Waals surface area contributed by atoms with E-state index in [0.29, 0.717) is 82.2 Å². The van der Waals surface area contributed by atoms with E-state index in [1.165, 1.54) is 0 Å². The minimum atomic E-state index is -0.185. The van der Waals surface area contributed by atoms with E-state index in [9.17, 15) is 9.59 Å². The predicted molar refractivity (Wildman–Crippen MR) is 255 cm³/mol. The Bertz CT molecular complexity index is 1660. The van der Waals surface area contributed by atoms with Gasteiger partial charge in [-0.3, -0.25) is 9.59 Å². The van der Waals surface area contributed by atoms with Crippen molar-refractivity contribution < 1.29 is 20.5 Å². The van der Waals surface area contributed by atoms with E-state index >= 15 is 0 Å². The lowest BCUT2D eigenvalue weighted by atomic mass is 10.0. The van der Waals surface area contributed by atoms with Crippen LogP contribution in [-0.2, 0) is 9.59 Å². The Labute approximate surface area is 373 Å². The van der Waals surface area contributed by atoms with Crippen molar-refractivity contribution in [3.05, 3.63) is 58.7 Å².